The maximum Gasteiger partial charge on any atom is 0.255 e. The molecule has 1 heterocycles. The highest BCUT2D eigenvalue weighted by Crippen LogP contribution is 2.24. The van der Waals surface area contributed by atoms with E-state index in [2.05, 4.69) is 31.7 Å². The Hall–Kier alpha value is -1.92. The molecule has 5 nitrogen and oxygen atoms in total. The van der Waals surface area contributed by atoms with E-state index in [0.29, 0.717) is 11.4 Å². The van der Waals surface area contributed by atoms with Gasteiger partial charge in [0.2, 0.25) is 0 Å². The molecule has 0 saturated heterocycles. The number of aromatic nitrogens is 1. The van der Waals surface area contributed by atoms with Crippen LogP contribution in [0, 0.1) is 13.8 Å². The van der Waals surface area contributed by atoms with Crippen LogP contribution in [0.4, 0.5) is 11.5 Å². The Morgan fingerprint density at radius 3 is 2.75 bits per heavy atom. The smallest absolute Gasteiger partial charge is 0.255 e. The van der Waals surface area contributed by atoms with E-state index in [-0.39, 0.29) is 5.91 Å². The Bertz CT molecular complexity index is 658. The lowest BCUT2D eigenvalue weighted by Gasteiger charge is -2.10. The standard InChI is InChI=1S/C14H15BrN4O/c1-8-6-10(7-13(17-8)19-16)14(20)18-12-5-3-4-11(15)9(12)2/h3-7H,16H2,1-2H3,(H,17,19)(H,18,20). The van der Waals surface area contributed by atoms with Gasteiger partial charge in [0, 0.05) is 21.4 Å². The van der Waals surface area contributed by atoms with Crippen molar-refractivity contribution in [3.05, 3.63) is 51.6 Å². The number of benzene rings is 1. The van der Waals surface area contributed by atoms with Crippen molar-refractivity contribution in [3.63, 3.8) is 0 Å². The fourth-order valence-electron chi connectivity index (χ4n) is 1.81. The van der Waals surface area contributed by atoms with Gasteiger partial charge in [0.05, 0.1) is 0 Å². The van der Waals surface area contributed by atoms with Gasteiger partial charge in [-0.15, -0.1) is 0 Å². The Morgan fingerprint density at radius 1 is 1.30 bits per heavy atom. The molecule has 0 fully saturated rings. The number of rotatable bonds is 3. The summed E-state index contributed by atoms with van der Waals surface area (Å²) in [4.78, 5) is 16.4. The fourth-order valence-corrected chi connectivity index (χ4v) is 2.18. The molecular weight excluding hydrogens is 320 g/mol. The largest absolute Gasteiger partial charge is 0.322 e. The Balaban J connectivity index is 2.28. The van der Waals surface area contributed by atoms with E-state index in [1.165, 1.54) is 0 Å². The quantitative estimate of drug-likeness (QED) is 0.595. The first-order valence-corrected chi connectivity index (χ1v) is 6.82. The second-order valence-electron chi connectivity index (χ2n) is 4.39. The number of nitrogen functional groups attached to an aromatic ring is 1. The molecule has 1 aromatic heterocycles. The second kappa shape index (κ2) is 6.02. The van der Waals surface area contributed by atoms with Gasteiger partial charge in [-0.05, 0) is 43.7 Å². The molecule has 20 heavy (non-hydrogen) atoms. The van der Waals surface area contributed by atoms with Gasteiger partial charge in [0.25, 0.3) is 5.91 Å². The molecular formula is C14H15BrN4O. The van der Waals surface area contributed by atoms with Crippen LogP contribution in [0.25, 0.3) is 0 Å². The molecule has 0 radical (unpaired) electrons. The van der Waals surface area contributed by atoms with Gasteiger partial charge >= 0.3 is 0 Å². The first-order chi connectivity index (χ1) is 9.51. The van der Waals surface area contributed by atoms with E-state index in [0.717, 1.165) is 21.4 Å². The highest BCUT2D eigenvalue weighted by atomic mass is 79.9. The number of amides is 1. The highest BCUT2D eigenvalue weighted by Gasteiger charge is 2.10. The summed E-state index contributed by atoms with van der Waals surface area (Å²) in [6.07, 6.45) is 0. The Morgan fingerprint density at radius 2 is 2.05 bits per heavy atom. The Kier molecular flexibility index (Phi) is 4.36. The molecule has 104 valence electrons. The van der Waals surface area contributed by atoms with Crippen molar-refractivity contribution in [2.45, 2.75) is 13.8 Å². The minimum atomic E-state index is -0.201. The van der Waals surface area contributed by atoms with Gasteiger partial charge < -0.3 is 10.7 Å². The number of nitrogens with two attached hydrogens (primary N) is 1. The van der Waals surface area contributed by atoms with Crippen LogP contribution in [0.2, 0.25) is 0 Å². The van der Waals surface area contributed by atoms with Crippen molar-refractivity contribution in [2.75, 3.05) is 10.7 Å². The molecule has 0 bridgehead atoms. The van der Waals surface area contributed by atoms with Crippen LogP contribution in [-0.4, -0.2) is 10.9 Å². The molecule has 0 saturated carbocycles. The summed E-state index contributed by atoms with van der Waals surface area (Å²) in [5, 5.41) is 2.88. The summed E-state index contributed by atoms with van der Waals surface area (Å²) in [6.45, 7) is 3.74. The number of carbonyl (C=O) groups excluding carboxylic acids is 1. The Labute approximate surface area is 125 Å². The van der Waals surface area contributed by atoms with Gasteiger partial charge in [-0.3, -0.25) is 4.79 Å². The summed E-state index contributed by atoms with van der Waals surface area (Å²) < 4.78 is 0.950. The summed E-state index contributed by atoms with van der Waals surface area (Å²) in [6, 6.07) is 8.97. The van der Waals surface area contributed by atoms with E-state index < -0.39 is 0 Å². The molecule has 4 N–H and O–H groups in total. The lowest BCUT2D eigenvalue weighted by molar-refractivity contribution is 0.102. The van der Waals surface area contributed by atoms with Crippen LogP contribution in [0.1, 0.15) is 21.6 Å². The third-order valence-corrected chi connectivity index (χ3v) is 3.74. The minimum Gasteiger partial charge on any atom is -0.322 e. The average Bonchev–Trinajstić information content (AvgIpc) is 2.43. The zero-order valence-electron chi connectivity index (χ0n) is 11.2. The number of hydrogen-bond donors (Lipinski definition) is 3. The lowest BCUT2D eigenvalue weighted by atomic mass is 10.1. The van der Waals surface area contributed by atoms with Crippen molar-refractivity contribution in [3.8, 4) is 0 Å². The zero-order valence-corrected chi connectivity index (χ0v) is 12.8. The number of nitrogens with one attached hydrogen (secondary N) is 2. The number of aryl methyl sites for hydroxylation is 1. The molecule has 0 spiro atoms. The fraction of sp³-hybridized carbons (Fsp3) is 0.143. The normalized spacial score (nSPS) is 10.2. The first-order valence-electron chi connectivity index (χ1n) is 6.03. The molecule has 1 amide bonds. The predicted molar refractivity (Wildman–Crippen MR) is 83.6 cm³/mol. The highest BCUT2D eigenvalue weighted by molar-refractivity contribution is 9.10. The van der Waals surface area contributed by atoms with Crippen molar-refractivity contribution in [1.82, 2.24) is 4.98 Å². The molecule has 0 aliphatic rings. The number of pyridine rings is 1. The number of hydrazine groups is 1. The van der Waals surface area contributed by atoms with Crippen LogP contribution in [0.15, 0.2) is 34.8 Å². The number of carbonyl (C=O) groups is 1. The van der Waals surface area contributed by atoms with E-state index in [9.17, 15) is 4.79 Å². The van der Waals surface area contributed by atoms with Gasteiger partial charge in [-0.25, -0.2) is 10.8 Å². The summed E-state index contributed by atoms with van der Waals surface area (Å²) in [5.41, 5.74) is 5.41. The molecule has 0 aliphatic heterocycles. The van der Waals surface area contributed by atoms with Gasteiger partial charge in [0.1, 0.15) is 5.82 Å². The maximum absolute atomic E-state index is 12.3. The average molecular weight is 335 g/mol. The molecule has 2 rings (SSSR count). The predicted octanol–water partition coefficient (Wildman–Crippen LogP) is 3.00. The second-order valence-corrected chi connectivity index (χ2v) is 5.25. The molecule has 6 heteroatoms. The van der Waals surface area contributed by atoms with Gasteiger partial charge in [-0.2, -0.15) is 0 Å². The minimum absolute atomic E-state index is 0.201. The monoisotopic (exact) mass is 334 g/mol. The van der Waals surface area contributed by atoms with Crippen molar-refractivity contribution in [1.29, 1.82) is 0 Å². The van der Waals surface area contributed by atoms with E-state index in [1.54, 1.807) is 12.1 Å². The van der Waals surface area contributed by atoms with Crippen molar-refractivity contribution < 1.29 is 4.79 Å². The number of halogens is 1. The first kappa shape index (κ1) is 14.5. The lowest BCUT2D eigenvalue weighted by Crippen LogP contribution is -2.15. The third kappa shape index (κ3) is 3.15. The van der Waals surface area contributed by atoms with Crippen LogP contribution < -0.4 is 16.6 Å². The van der Waals surface area contributed by atoms with E-state index in [1.807, 2.05) is 32.0 Å². The molecule has 1 aromatic carbocycles. The van der Waals surface area contributed by atoms with Gasteiger partial charge in [0.15, 0.2) is 0 Å². The van der Waals surface area contributed by atoms with E-state index >= 15 is 0 Å². The van der Waals surface area contributed by atoms with Crippen LogP contribution >= 0.6 is 15.9 Å². The number of anilines is 2. The topological polar surface area (TPSA) is 80.0 Å². The number of nitrogens with zero attached hydrogens (tertiary/aromatic N) is 1. The van der Waals surface area contributed by atoms with Gasteiger partial charge in [-0.1, -0.05) is 22.0 Å². The molecule has 0 atom stereocenters. The summed E-state index contributed by atoms with van der Waals surface area (Å²) >= 11 is 3.44. The van der Waals surface area contributed by atoms with Crippen LogP contribution in [0.3, 0.4) is 0 Å². The molecule has 0 unspecified atom stereocenters. The van der Waals surface area contributed by atoms with Crippen molar-refractivity contribution >= 4 is 33.3 Å². The summed E-state index contributed by atoms with van der Waals surface area (Å²) in [7, 11) is 0. The zero-order chi connectivity index (χ0) is 14.7. The molecule has 0 aliphatic carbocycles. The van der Waals surface area contributed by atoms with Crippen molar-refractivity contribution in [2.24, 2.45) is 5.84 Å². The van der Waals surface area contributed by atoms with Crippen LogP contribution in [0.5, 0.6) is 0 Å². The summed E-state index contributed by atoms with van der Waals surface area (Å²) in [5.74, 6) is 5.59. The maximum atomic E-state index is 12.3. The van der Waals surface area contributed by atoms with Crippen LogP contribution in [-0.2, 0) is 0 Å². The number of hydrogen-bond acceptors (Lipinski definition) is 4. The third-order valence-electron chi connectivity index (χ3n) is 2.88. The van der Waals surface area contributed by atoms with E-state index in [4.69, 9.17) is 5.84 Å². The molecule has 2 aromatic rings. The SMILES string of the molecule is Cc1cc(C(=O)Nc2cccc(Br)c2C)cc(NN)n1.